The lowest BCUT2D eigenvalue weighted by molar-refractivity contribution is -0.141. The molecule has 1 amide bonds. The lowest BCUT2D eigenvalue weighted by Crippen LogP contribution is -2.63. The van der Waals surface area contributed by atoms with Gasteiger partial charge in [-0.3, -0.25) is 9.69 Å². The molecule has 1 aliphatic heterocycles. The van der Waals surface area contributed by atoms with Gasteiger partial charge in [-0.25, -0.2) is 8.42 Å². The number of carbonyl (C=O) groups excluding carboxylic acids is 1. The molecule has 0 aromatic rings. The number of carbonyl (C=O) groups is 1. The Labute approximate surface area is 135 Å². The van der Waals surface area contributed by atoms with E-state index in [0.29, 0.717) is 25.7 Å². The number of hydrogen-bond donors (Lipinski definition) is 0. The van der Waals surface area contributed by atoms with E-state index in [1.807, 2.05) is 27.7 Å². The highest BCUT2D eigenvalue weighted by Crippen LogP contribution is 2.20. The molecular weight excluding hydrogens is 302 g/mol. The van der Waals surface area contributed by atoms with E-state index in [9.17, 15) is 13.2 Å². The van der Waals surface area contributed by atoms with Crippen molar-refractivity contribution in [3.8, 4) is 0 Å². The summed E-state index contributed by atoms with van der Waals surface area (Å²) in [6.45, 7) is 13.5. The molecule has 1 atom stereocenters. The molecule has 1 heterocycles. The second-order valence-corrected chi connectivity index (χ2v) is 8.85. The van der Waals surface area contributed by atoms with Crippen LogP contribution in [-0.2, 0) is 14.8 Å². The van der Waals surface area contributed by atoms with Crippen LogP contribution < -0.4 is 0 Å². The maximum Gasteiger partial charge on any atom is 0.242 e. The van der Waals surface area contributed by atoms with E-state index in [2.05, 4.69) is 18.7 Å². The number of rotatable bonds is 5. The molecule has 0 radical (unpaired) electrons. The molecule has 130 valence electrons. The topological polar surface area (TPSA) is 60.9 Å². The molecule has 6 nitrogen and oxygen atoms in total. The maximum absolute atomic E-state index is 13.0. The number of amides is 1. The molecule has 0 spiro atoms. The quantitative estimate of drug-likeness (QED) is 0.753. The van der Waals surface area contributed by atoms with Gasteiger partial charge in [-0.2, -0.15) is 4.31 Å². The highest BCUT2D eigenvalue weighted by Gasteiger charge is 2.40. The second kappa shape index (κ2) is 7.27. The fraction of sp³-hybridized carbons (Fsp3) is 0.933. The molecule has 0 aliphatic carbocycles. The SMILES string of the molecule is CC(C)N1CCN(S(C)(=O)=O)[C@@H](C(=O)N(C(C)C)C(C)C)C1. The van der Waals surface area contributed by atoms with Gasteiger partial charge in [-0.05, 0) is 41.5 Å². The van der Waals surface area contributed by atoms with E-state index in [-0.39, 0.29) is 18.0 Å². The van der Waals surface area contributed by atoms with Gasteiger partial charge in [0.2, 0.25) is 15.9 Å². The number of sulfonamides is 1. The minimum absolute atomic E-state index is 0.0448. The molecule has 0 saturated carbocycles. The zero-order valence-electron chi connectivity index (χ0n) is 14.9. The summed E-state index contributed by atoms with van der Waals surface area (Å²) < 4.78 is 25.5. The molecule has 22 heavy (non-hydrogen) atoms. The highest BCUT2D eigenvalue weighted by molar-refractivity contribution is 7.88. The predicted octanol–water partition coefficient (Wildman–Crippen LogP) is 0.986. The summed E-state index contributed by atoms with van der Waals surface area (Å²) in [7, 11) is -3.39. The van der Waals surface area contributed by atoms with Crippen LogP contribution in [0.15, 0.2) is 0 Å². The van der Waals surface area contributed by atoms with Crippen LogP contribution in [0.25, 0.3) is 0 Å². The van der Waals surface area contributed by atoms with Crippen LogP contribution in [0.4, 0.5) is 0 Å². The van der Waals surface area contributed by atoms with Gasteiger partial charge in [0.25, 0.3) is 0 Å². The van der Waals surface area contributed by atoms with E-state index < -0.39 is 16.1 Å². The number of nitrogens with zero attached hydrogens (tertiary/aromatic N) is 3. The zero-order valence-corrected chi connectivity index (χ0v) is 15.7. The number of piperazine rings is 1. The average Bonchev–Trinajstić information content (AvgIpc) is 2.35. The minimum Gasteiger partial charge on any atom is -0.336 e. The fourth-order valence-electron chi connectivity index (χ4n) is 3.13. The Bertz CT molecular complexity index is 480. The fourth-order valence-corrected chi connectivity index (χ4v) is 4.16. The predicted molar refractivity (Wildman–Crippen MR) is 89.2 cm³/mol. The standard InChI is InChI=1S/C15H31N3O3S/c1-11(2)16-8-9-17(22(7,20)21)14(10-16)15(19)18(12(3)4)13(5)6/h11-14H,8-10H2,1-7H3/t14-/m1/s1. The summed E-state index contributed by atoms with van der Waals surface area (Å²) in [5, 5.41) is 0. The molecule has 1 aliphatic rings. The van der Waals surface area contributed by atoms with Gasteiger partial charge in [0.1, 0.15) is 6.04 Å². The zero-order chi connectivity index (χ0) is 17.2. The first-order valence-electron chi connectivity index (χ1n) is 7.99. The highest BCUT2D eigenvalue weighted by atomic mass is 32.2. The largest absolute Gasteiger partial charge is 0.336 e. The Morgan fingerprint density at radius 3 is 1.91 bits per heavy atom. The van der Waals surface area contributed by atoms with Crippen LogP contribution >= 0.6 is 0 Å². The van der Waals surface area contributed by atoms with E-state index in [1.54, 1.807) is 4.90 Å². The molecule has 1 fully saturated rings. The van der Waals surface area contributed by atoms with Crippen molar-refractivity contribution in [2.24, 2.45) is 0 Å². The molecule has 0 unspecified atom stereocenters. The van der Waals surface area contributed by atoms with Crippen molar-refractivity contribution in [3.63, 3.8) is 0 Å². The summed E-state index contributed by atoms with van der Waals surface area (Å²) in [4.78, 5) is 17.0. The van der Waals surface area contributed by atoms with Crippen molar-refractivity contribution >= 4 is 15.9 Å². The molecule has 1 rings (SSSR count). The molecule has 1 saturated heterocycles. The summed E-state index contributed by atoms with van der Waals surface area (Å²) in [5.41, 5.74) is 0. The average molecular weight is 333 g/mol. The molecule has 0 bridgehead atoms. The van der Waals surface area contributed by atoms with Gasteiger partial charge in [-0.15, -0.1) is 0 Å². The normalized spacial score (nSPS) is 21.8. The van der Waals surface area contributed by atoms with Crippen LogP contribution in [0.2, 0.25) is 0 Å². The van der Waals surface area contributed by atoms with E-state index >= 15 is 0 Å². The Morgan fingerprint density at radius 2 is 1.55 bits per heavy atom. The van der Waals surface area contributed by atoms with Crippen LogP contribution in [0.1, 0.15) is 41.5 Å². The smallest absolute Gasteiger partial charge is 0.242 e. The van der Waals surface area contributed by atoms with Crippen molar-refractivity contribution in [2.45, 2.75) is 65.7 Å². The van der Waals surface area contributed by atoms with Gasteiger partial charge in [0.15, 0.2) is 0 Å². The molecular formula is C15H31N3O3S. The Kier molecular flexibility index (Phi) is 6.41. The Balaban J connectivity index is 3.12. The maximum atomic E-state index is 13.0. The van der Waals surface area contributed by atoms with Crippen LogP contribution in [0, 0.1) is 0 Å². The van der Waals surface area contributed by atoms with Crippen LogP contribution in [0.3, 0.4) is 0 Å². The third kappa shape index (κ3) is 4.43. The van der Waals surface area contributed by atoms with E-state index in [1.165, 1.54) is 10.6 Å². The van der Waals surface area contributed by atoms with Gasteiger partial charge >= 0.3 is 0 Å². The number of hydrogen-bond acceptors (Lipinski definition) is 4. The van der Waals surface area contributed by atoms with Crippen molar-refractivity contribution in [1.29, 1.82) is 0 Å². The summed E-state index contributed by atoms with van der Waals surface area (Å²) in [5.74, 6) is -0.0965. The lowest BCUT2D eigenvalue weighted by Gasteiger charge is -2.44. The Hall–Kier alpha value is -0.660. The van der Waals surface area contributed by atoms with Crippen LogP contribution in [0.5, 0.6) is 0 Å². The first-order valence-corrected chi connectivity index (χ1v) is 9.84. The minimum atomic E-state index is -3.39. The monoisotopic (exact) mass is 333 g/mol. The van der Waals surface area contributed by atoms with Crippen molar-refractivity contribution in [3.05, 3.63) is 0 Å². The Morgan fingerprint density at radius 1 is 1.05 bits per heavy atom. The molecule has 7 heteroatoms. The van der Waals surface area contributed by atoms with Gasteiger partial charge in [0.05, 0.1) is 6.26 Å². The van der Waals surface area contributed by atoms with Gasteiger partial charge in [0, 0.05) is 37.8 Å². The van der Waals surface area contributed by atoms with Crippen molar-refractivity contribution in [1.82, 2.24) is 14.1 Å². The second-order valence-electron chi connectivity index (χ2n) is 6.91. The van der Waals surface area contributed by atoms with Gasteiger partial charge in [-0.1, -0.05) is 0 Å². The molecule has 0 aromatic carbocycles. The first-order chi connectivity index (χ1) is 9.96. The summed E-state index contributed by atoms with van der Waals surface area (Å²) in [6.07, 6.45) is 1.19. The summed E-state index contributed by atoms with van der Waals surface area (Å²) >= 11 is 0. The van der Waals surface area contributed by atoms with Crippen molar-refractivity contribution in [2.75, 3.05) is 25.9 Å². The van der Waals surface area contributed by atoms with E-state index in [0.717, 1.165) is 0 Å². The third-order valence-electron chi connectivity index (χ3n) is 4.17. The first kappa shape index (κ1) is 19.4. The third-order valence-corrected chi connectivity index (χ3v) is 5.46. The van der Waals surface area contributed by atoms with Crippen LogP contribution in [-0.4, -0.2) is 78.5 Å². The van der Waals surface area contributed by atoms with E-state index in [4.69, 9.17) is 0 Å². The van der Waals surface area contributed by atoms with Crippen molar-refractivity contribution < 1.29 is 13.2 Å². The molecule has 0 aromatic heterocycles. The summed E-state index contributed by atoms with van der Waals surface area (Å²) in [6, 6.07) is -0.244. The lowest BCUT2D eigenvalue weighted by atomic mass is 10.1. The van der Waals surface area contributed by atoms with Gasteiger partial charge < -0.3 is 4.90 Å². The molecule has 0 N–H and O–H groups in total.